The number of hydrazine groups is 1. The van der Waals surface area contributed by atoms with Crippen LogP contribution in [0.4, 0.5) is 4.79 Å². The molecule has 0 bridgehead atoms. The van der Waals surface area contributed by atoms with Gasteiger partial charge in [0.25, 0.3) is 0 Å². The topological polar surface area (TPSA) is 38.8 Å². The summed E-state index contributed by atoms with van der Waals surface area (Å²) in [6.45, 7) is 6.46. The minimum atomic E-state index is 0.0523. The molecule has 5 nitrogen and oxygen atoms in total. The van der Waals surface area contributed by atoms with Crippen molar-refractivity contribution in [1.82, 2.24) is 20.2 Å². The molecule has 2 saturated heterocycles. The molecule has 3 rings (SSSR count). The molecule has 2 aliphatic heterocycles. The third-order valence-corrected chi connectivity index (χ3v) is 3.77. The Balaban J connectivity index is 1.51. The van der Waals surface area contributed by atoms with Crippen molar-refractivity contribution < 1.29 is 4.79 Å². The highest BCUT2D eigenvalue weighted by molar-refractivity contribution is 5.75. The molecule has 1 N–H and O–H groups in total. The fourth-order valence-corrected chi connectivity index (χ4v) is 2.71. The predicted molar refractivity (Wildman–Crippen MR) is 73.4 cm³/mol. The van der Waals surface area contributed by atoms with Gasteiger partial charge in [0.2, 0.25) is 0 Å². The molecule has 2 aliphatic rings. The Kier molecular flexibility index (Phi) is 3.66. The Bertz CT molecular complexity index is 428. The van der Waals surface area contributed by atoms with Crippen molar-refractivity contribution >= 4 is 6.03 Å². The maximum absolute atomic E-state index is 11.6. The molecule has 1 aromatic carbocycles. The Hall–Kier alpha value is -1.59. The van der Waals surface area contributed by atoms with Gasteiger partial charge in [0.1, 0.15) is 0 Å². The number of amides is 2. The first-order chi connectivity index (χ1) is 9.33. The second-order valence-electron chi connectivity index (χ2n) is 5.07. The molecule has 2 fully saturated rings. The summed E-state index contributed by atoms with van der Waals surface area (Å²) in [5, 5.41) is 6.87. The zero-order valence-electron chi connectivity index (χ0n) is 11.1. The van der Waals surface area contributed by atoms with E-state index in [0.717, 1.165) is 45.8 Å². The number of urea groups is 1. The molecule has 0 aliphatic carbocycles. The number of carbonyl (C=O) groups excluding carboxylic acids is 1. The highest BCUT2D eigenvalue weighted by atomic mass is 16.2. The number of carbonyl (C=O) groups is 1. The molecule has 2 heterocycles. The van der Waals surface area contributed by atoms with E-state index in [0.29, 0.717) is 0 Å². The number of rotatable bonds is 3. The van der Waals surface area contributed by atoms with Gasteiger partial charge in [-0.25, -0.2) is 9.80 Å². The van der Waals surface area contributed by atoms with E-state index in [9.17, 15) is 4.79 Å². The molecule has 0 unspecified atom stereocenters. The van der Waals surface area contributed by atoms with Crippen molar-refractivity contribution in [3.8, 4) is 0 Å². The van der Waals surface area contributed by atoms with E-state index in [4.69, 9.17) is 0 Å². The normalized spacial score (nSPS) is 21.7. The Morgan fingerprint density at radius 2 is 1.74 bits per heavy atom. The maximum Gasteiger partial charge on any atom is 0.332 e. The molecule has 1 aromatic rings. The summed E-state index contributed by atoms with van der Waals surface area (Å²) in [7, 11) is 0. The van der Waals surface area contributed by atoms with E-state index >= 15 is 0 Å². The van der Waals surface area contributed by atoms with Gasteiger partial charge in [0.05, 0.1) is 6.54 Å². The monoisotopic (exact) mass is 260 g/mol. The second kappa shape index (κ2) is 5.59. The van der Waals surface area contributed by atoms with E-state index in [1.165, 1.54) is 5.56 Å². The van der Waals surface area contributed by atoms with Crippen molar-refractivity contribution in [2.45, 2.75) is 6.54 Å². The predicted octanol–water partition coefficient (Wildman–Crippen LogP) is 0.744. The number of nitrogens with zero attached hydrogens (tertiary/aromatic N) is 3. The van der Waals surface area contributed by atoms with Crippen LogP contribution in [0.5, 0.6) is 0 Å². The number of hydrogen-bond acceptors (Lipinski definition) is 3. The molecule has 0 atom stereocenters. The second-order valence-corrected chi connectivity index (χ2v) is 5.07. The lowest BCUT2D eigenvalue weighted by atomic mass is 10.2. The highest BCUT2D eigenvalue weighted by Gasteiger charge is 2.28. The summed E-state index contributed by atoms with van der Waals surface area (Å²) in [6, 6.07) is 10.6. The number of hydrogen-bond donors (Lipinski definition) is 1. The number of nitrogens with one attached hydrogen (secondary N) is 1. The zero-order chi connectivity index (χ0) is 13.1. The van der Waals surface area contributed by atoms with Crippen LogP contribution in [-0.2, 0) is 6.54 Å². The molecule has 0 spiro atoms. The maximum atomic E-state index is 11.6. The first kappa shape index (κ1) is 12.4. The van der Waals surface area contributed by atoms with E-state index in [-0.39, 0.29) is 6.03 Å². The van der Waals surface area contributed by atoms with Crippen LogP contribution in [0.3, 0.4) is 0 Å². The molecule has 0 radical (unpaired) electrons. The van der Waals surface area contributed by atoms with E-state index in [2.05, 4.69) is 39.5 Å². The molecule has 5 heteroatoms. The third kappa shape index (κ3) is 2.88. The van der Waals surface area contributed by atoms with Gasteiger partial charge in [-0.05, 0) is 5.56 Å². The van der Waals surface area contributed by atoms with E-state index in [1.54, 1.807) is 0 Å². The van der Waals surface area contributed by atoms with Crippen LogP contribution in [0.15, 0.2) is 30.3 Å². The molecular formula is C14H20N4O. The summed E-state index contributed by atoms with van der Waals surface area (Å²) in [5.74, 6) is 0. The van der Waals surface area contributed by atoms with Gasteiger partial charge in [-0.1, -0.05) is 30.3 Å². The Morgan fingerprint density at radius 3 is 2.37 bits per heavy atom. The molecule has 102 valence electrons. The number of piperazine rings is 1. The van der Waals surface area contributed by atoms with Crippen LogP contribution in [0, 0.1) is 0 Å². The highest BCUT2D eigenvalue weighted by Crippen LogP contribution is 2.11. The van der Waals surface area contributed by atoms with E-state index in [1.807, 2.05) is 11.1 Å². The first-order valence-electron chi connectivity index (χ1n) is 6.89. The van der Waals surface area contributed by atoms with Gasteiger partial charge in [0, 0.05) is 39.3 Å². The van der Waals surface area contributed by atoms with E-state index < -0.39 is 0 Å². The third-order valence-electron chi connectivity index (χ3n) is 3.77. The molecular weight excluding hydrogens is 240 g/mol. The Labute approximate surface area is 113 Å². The fourth-order valence-electron chi connectivity index (χ4n) is 2.71. The molecule has 2 amide bonds. The van der Waals surface area contributed by atoms with Gasteiger partial charge in [0.15, 0.2) is 0 Å². The smallest absolute Gasteiger partial charge is 0.332 e. The lowest BCUT2D eigenvalue weighted by molar-refractivity contribution is -0.0122. The van der Waals surface area contributed by atoms with Crippen LogP contribution in [0.2, 0.25) is 0 Å². The van der Waals surface area contributed by atoms with Gasteiger partial charge in [-0.3, -0.25) is 9.91 Å². The van der Waals surface area contributed by atoms with Crippen molar-refractivity contribution in [1.29, 1.82) is 0 Å². The van der Waals surface area contributed by atoms with Crippen LogP contribution < -0.4 is 5.32 Å². The van der Waals surface area contributed by atoms with Gasteiger partial charge >= 0.3 is 6.03 Å². The first-order valence-corrected chi connectivity index (χ1v) is 6.89. The SMILES string of the molecule is O=C1NCCN1N1CCN(Cc2ccccc2)CC1. The summed E-state index contributed by atoms with van der Waals surface area (Å²) >= 11 is 0. The average Bonchev–Trinajstić information content (AvgIpc) is 2.87. The van der Waals surface area contributed by atoms with Crippen molar-refractivity contribution in [3.63, 3.8) is 0 Å². The van der Waals surface area contributed by atoms with Gasteiger partial charge in [-0.15, -0.1) is 0 Å². The van der Waals surface area contributed by atoms with Crippen LogP contribution >= 0.6 is 0 Å². The molecule has 19 heavy (non-hydrogen) atoms. The number of benzene rings is 1. The van der Waals surface area contributed by atoms with Crippen LogP contribution in [0.25, 0.3) is 0 Å². The summed E-state index contributed by atoms with van der Waals surface area (Å²) in [5.41, 5.74) is 1.36. The van der Waals surface area contributed by atoms with Crippen LogP contribution in [0.1, 0.15) is 5.56 Å². The average molecular weight is 260 g/mol. The quantitative estimate of drug-likeness (QED) is 0.871. The lowest BCUT2D eigenvalue weighted by Crippen LogP contribution is -2.54. The summed E-state index contributed by atoms with van der Waals surface area (Å²) in [6.07, 6.45) is 0. The fraction of sp³-hybridized carbons (Fsp3) is 0.500. The summed E-state index contributed by atoms with van der Waals surface area (Å²) in [4.78, 5) is 14.0. The minimum Gasteiger partial charge on any atom is -0.335 e. The van der Waals surface area contributed by atoms with Crippen molar-refractivity contribution in [2.75, 3.05) is 39.3 Å². The standard InChI is InChI=1S/C14H20N4O/c19-14-15-6-7-18(14)17-10-8-16(9-11-17)12-13-4-2-1-3-5-13/h1-5H,6-12H2,(H,15,19). The van der Waals surface area contributed by atoms with Crippen molar-refractivity contribution in [2.24, 2.45) is 0 Å². The van der Waals surface area contributed by atoms with Crippen molar-refractivity contribution in [3.05, 3.63) is 35.9 Å². The molecule has 0 saturated carbocycles. The minimum absolute atomic E-state index is 0.0523. The lowest BCUT2D eigenvalue weighted by Gasteiger charge is -2.38. The van der Waals surface area contributed by atoms with Gasteiger partial charge < -0.3 is 5.32 Å². The van der Waals surface area contributed by atoms with Gasteiger partial charge in [-0.2, -0.15) is 0 Å². The largest absolute Gasteiger partial charge is 0.335 e. The molecule has 0 aromatic heterocycles. The summed E-state index contributed by atoms with van der Waals surface area (Å²) < 4.78 is 0. The van der Waals surface area contributed by atoms with Crippen LogP contribution in [-0.4, -0.2) is 60.2 Å². The zero-order valence-corrected chi connectivity index (χ0v) is 11.1. The Morgan fingerprint density at radius 1 is 1.00 bits per heavy atom.